The maximum absolute atomic E-state index is 10.3. The van der Waals surface area contributed by atoms with Crippen LogP contribution in [0.3, 0.4) is 0 Å². The molecule has 1 N–H and O–H groups in total. The molecule has 0 aromatic carbocycles. The highest BCUT2D eigenvalue weighted by atomic mass is 16.3. The van der Waals surface area contributed by atoms with Gasteiger partial charge >= 0.3 is 0 Å². The van der Waals surface area contributed by atoms with Crippen LogP contribution in [0.2, 0.25) is 0 Å². The normalized spacial score (nSPS) is 66.0. The molecule has 0 heterocycles. The Balaban J connectivity index is 2.03. The molecule has 0 bridgehead atoms. The van der Waals surface area contributed by atoms with E-state index in [1.54, 1.807) is 0 Å². The lowest BCUT2D eigenvalue weighted by atomic mass is 9.55. The maximum Gasteiger partial charge on any atom is 0.0607 e. The van der Waals surface area contributed by atoms with Gasteiger partial charge in [-0.2, -0.15) is 0 Å². The highest BCUT2D eigenvalue weighted by molar-refractivity contribution is 5.23. The van der Waals surface area contributed by atoms with Crippen molar-refractivity contribution in [3.8, 4) is 0 Å². The van der Waals surface area contributed by atoms with Crippen molar-refractivity contribution in [3.63, 3.8) is 0 Å². The van der Waals surface area contributed by atoms with E-state index < -0.39 is 0 Å². The molecule has 1 nitrogen and oxygen atoms in total. The van der Waals surface area contributed by atoms with E-state index in [0.717, 1.165) is 18.3 Å². The Morgan fingerprint density at radius 3 is 2.64 bits per heavy atom. The molecule has 14 heavy (non-hydrogen) atoms. The van der Waals surface area contributed by atoms with Crippen LogP contribution in [0.15, 0.2) is 0 Å². The Labute approximate surface area is 86.9 Å². The quantitative estimate of drug-likeness (QED) is 0.628. The first-order chi connectivity index (χ1) is 6.52. The highest BCUT2D eigenvalue weighted by Gasteiger charge is 2.74. The number of rotatable bonds is 0. The SMILES string of the molecule is CC1C[C@@H](O)C23C[C@H]2CC[C@]3(C)C1C. The summed E-state index contributed by atoms with van der Waals surface area (Å²) in [5.41, 5.74) is 0.813. The van der Waals surface area contributed by atoms with Crippen LogP contribution in [0.25, 0.3) is 0 Å². The Kier molecular flexibility index (Phi) is 1.56. The first-order valence-electron chi connectivity index (χ1n) is 6.20. The molecule has 1 heteroatoms. The minimum Gasteiger partial charge on any atom is -0.393 e. The molecule has 3 aliphatic rings. The van der Waals surface area contributed by atoms with Gasteiger partial charge in [0.1, 0.15) is 0 Å². The largest absolute Gasteiger partial charge is 0.393 e. The third-order valence-corrected chi connectivity index (χ3v) is 6.28. The summed E-state index contributed by atoms with van der Waals surface area (Å²) in [5.74, 6) is 2.39. The molecule has 0 amide bonds. The third-order valence-electron chi connectivity index (χ3n) is 6.28. The summed E-state index contributed by atoms with van der Waals surface area (Å²) in [7, 11) is 0. The molecule has 0 saturated heterocycles. The summed E-state index contributed by atoms with van der Waals surface area (Å²) in [6.07, 6.45) is 5.12. The van der Waals surface area contributed by atoms with Gasteiger partial charge in [-0.1, -0.05) is 20.8 Å². The second-order valence-electron chi connectivity index (χ2n) is 6.42. The molecule has 3 aliphatic carbocycles. The van der Waals surface area contributed by atoms with Crippen molar-refractivity contribution in [3.05, 3.63) is 0 Å². The number of hydrogen-bond acceptors (Lipinski definition) is 1. The Bertz CT molecular complexity index is 274. The van der Waals surface area contributed by atoms with E-state index in [-0.39, 0.29) is 6.10 Å². The molecule has 1 spiro atoms. The summed E-state index contributed by atoms with van der Waals surface area (Å²) < 4.78 is 0. The van der Waals surface area contributed by atoms with Gasteiger partial charge in [-0.3, -0.25) is 0 Å². The van der Waals surface area contributed by atoms with Crippen LogP contribution in [0.5, 0.6) is 0 Å². The fraction of sp³-hybridized carbons (Fsp3) is 1.00. The molecule has 0 aliphatic heterocycles. The van der Waals surface area contributed by atoms with Crippen LogP contribution < -0.4 is 0 Å². The summed E-state index contributed by atoms with van der Waals surface area (Å²) in [6.45, 7) is 7.18. The zero-order valence-corrected chi connectivity index (χ0v) is 9.59. The number of hydrogen-bond donors (Lipinski definition) is 1. The molecule has 0 aromatic rings. The number of aliphatic hydroxyl groups excluding tert-OH is 1. The van der Waals surface area contributed by atoms with Gasteiger partial charge in [0, 0.05) is 5.41 Å². The fourth-order valence-corrected chi connectivity index (χ4v) is 4.95. The molecule has 3 unspecified atom stereocenters. The van der Waals surface area contributed by atoms with Crippen LogP contribution in [0.4, 0.5) is 0 Å². The van der Waals surface area contributed by atoms with E-state index in [4.69, 9.17) is 0 Å². The summed E-state index contributed by atoms with van der Waals surface area (Å²) in [6, 6.07) is 0. The predicted octanol–water partition coefficient (Wildman–Crippen LogP) is 2.83. The molecule has 3 saturated carbocycles. The molecular formula is C13H22O. The van der Waals surface area contributed by atoms with E-state index in [9.17, 15) is 5.11 Å². The van der Waals surface area contributed by atoms with Crippen LogP contribution >= 0.6 is 0 Å². The average molecular weight is 194 g/mol. The lowest BCUT2D eigenvalue weighted by Crippen LogP contribution is -2.48. The van der Waals surface area contributed by atoms with Crippen LogP contribution in [-0.4, -0.2) is 11.2 Å². The van der Waals surface area contributed by atoms with Gasteiger partial charge < -0.3 is 5.11 Å². The van der Waals surface area contributed by atoms with E-state index in [2.05, 4.69) is 20.8 Å². The van der Waals surface area contributed by atoms with Crippen molar-refractivity contribution in [2.75, 3.05) is 0 Å². The van der Waals surface area contributed by atoms with E-state index in [0.29, 0.717) is 16.7 Å². The van der Waals surface area contributed by atoms with Crippen molar-refractivity contribution < 1.29 is 5.11 Å². The van der Waals surface area contributed by atoms with E-state index in [1.165, 1.54) is 19.3 Å². The minimum atomic E-state index is 0.00574. The second kappa shape index (κ2) is 2.37. The summed E-state index contributed by atoms with van der Waals surface area (Å²) in [4.78, 5) is 0. The molecule has 3 fully saturated rings. The zero-order valence-electron chi connectivity index (χ0n) is 9.59. The van der Waals surface area contributed by atoms with Gasteiger partial charge in [0.25, 0.3) is 0 Å². The van der Waals surface area contributed by atoms with Crippen molar-refractivity contribution in [2.24, 2.45) is 28.6 Å². The zero-order chi connectivity index (χ0) is 10.1. The van der Waals surface area contributed by atoms with Crippen molar-refractivity contribution in [1.29, 1.82) is 0 Å². The van der Waals surface area contributed by atoms with E-state index >= 15 is 0 Å². The van der Waals surface area contributed by atoms with Gasteiger partial charge in [0.15, 0.2) is 0 Å². The Morgan fingerprint density at radius 1 is 1.29 bits per heavy atom. The standard InChI is InChI=1S/C13H22O/c1-8-6-11(14)13-7-10(13)4-5-12(13,3)9(8)2/h8-11,14H,4-7H2,1-3H3/t8?,9?,10-,11-,12-,13?/m1/s1. The van der Waals surface area contributed by atoms with Gasteiger partial charge in [-0.25, -0.2) is 0 Å². The van der Waals surface area contributed by atoms with Gasteiger partial charge in [0.05, 0.1) is 6.10 Å². The van der Waals surface area contributed by atoms with Gasteiger partial charge in [-0.15, -0.1) is 0 Å². The first kappa shape index (κ1) is 9.21. The monoisotopic (exact) mass is 194 g/mol. The lowest BCUT2D eigenvalue weighted by Gasteiger charge is -2.51. The third kappa shape index (κ3) is 0.743. The topological polar surface area (TPSA) is 20.2 Å². The Morgan fingerprint density at radius 2 is 2.00 bits per heavy atom. The van der Waals surface area contributed by atoms with Gasteiger partial charge in [-0.05, 0) is 48.9 Å². The Hall–Kier alpha value is -0.0400. The van der Waals surface area contributed by atoms with Crippen LogP contribution in [-0.2, 0) is 0 Å². The van der Waals surface area contributed by atoms with Crippen molar-refractivity contribution in [1.82, 2.24) is 0 Å². The predicted molar refractivity (Wildman–Crippen MR) is 56.8 cm³/mol. The lowest BCUT2D eigenvalue weighted by molar-refractivity contribution is -0.0877. The minimum absolute atomic E-state index is 0.00574. The first-order valence-corrected chi connectivity index (χ1v) is 6.20. The summed E-state index contributed by atoms with van der Waals surface area (Å²) >= 11 is 0. The fourth-order valence-electron chi connectivity index (χ4n) is 4.95. The van der Waals surface area contributed by atoms with Crippen molar-refractivity contribution in [2.45, 2.75) is 52.6 Å². The summed E-state index contributed by atoms with van der Waals surface area (Å²) in [5, 5.41) is 10.3. The molecular weight excluding hydrogens is 172 g/mol. The second-order valence-corrected chi connectivity index (χ2v) is 6.42. The van der Waals surface area contributed by atoms with Crippen LogP contribution in [0.1, 0.15) is 46.5 Å². The molecule has 6 atom stereocenters. The van der Waals surface area contributed by atoms with Crippen molar-refractivity contribution >= 4 is 0 Å². The molecule has 80 valence electrons. The number of aliphatic hydroxyl groups is 1. The molecule has 3 rings (SSSR count). The smallest absolute Gasteiger partial charge is 0.0607 e. The van der Waals surface area contributed by atoms with E-state index in [1.807, 2.05) is 0 Å². The maximum atomic E-state index is 10.3. The highest BCUT2D eigenvalue weighted by Crippen LogP contribution is 2.78. The molecule has 0 radical (unpaired) electrons. The molecule has 0 aromatic heterocycles. The average Bonchev–Trinajstić information content (AvgIpc) is 2.80. The van der Waals surface area contributed by atoms with Gasteiger partial charge in [0.2, 0.25) is 0 Å². The van der Waals surface area contributed by atoms with Crippen LogP contribution in [0, 0.1) is 28.6 Å².